The van der Waals surface area contributed by atoms with Gasteiger partial charge in [-0.25, -0.2) is 4.52 Å². The van der Waals surface area contributed by atoms with Gasteiger partial charge in [0.2, 0.25) is 5.91 Å². The monoisotopic (exact) mass is 444 g/mol. The molecule has 3 aromatic heterocycles. The molecule has 0 saturated heterocycles. The Balaban J connectivity index is 1.35. The van der Waals surface area contributed by atoms with Crippen LogP contribution < -0.4 is 10.1 Å². The van der Waals surface area contributed by atoms with Crippen LogP contribution in [0, 0.1) is 0 Å². The lowest BCUT2D eigenvalue weighted by molar-refractivity contribution is -0.113. The van der Waals surface area contributed by atoms with Crippen molar-refractivity contribution < 1.29 is 9.53 Å². The number of hydrogen-bond donors (Lipinski definition) is 1. The number of aromatic nitrogens is 5. The number of ether oxygens (including phenoxy) is 1. The van der Waals surface area contributed by atoms with Crippen molar-refractivity contribution in [2.24, 2.45) is 0 Å². The van der Waals surface area contributed by atoms with Crippen LogP contribution in [0.5, 0.6) is 5.75 Å². The lowest BCUT2D eigenvalue weighted by Crippen LogP contribution is -2.15. The minimum absolute atomic E-state index is 0.143. The van der Waals surface area contributed by atoms with Crippen LogP contribution >= 0.6 is 11.8 Å². The second-order valence-corrected chi connectivity index (χ2v) is 7.91. The molecule has 9 heteroatoms. The van der Waals surface area contributed by atoms with Crippen LogP contribution in [0.1, 0.15) is 6.92 Å². The first kappa shape index (κ1) is 20.1. The predicted molar refractivity (Wildman–Crippen MR) is 124 cm³/mol. The number of anilines is 1. The quantitative estimate of drug-likeness (QED) is 0.379. The van der Waals surface area contributed by atoms with Crippen molar-refractivity contribution in [1.82, 2.24) is 24.2 Å². The first-order chi connectivity index (χ1) is 15.7. The first-order valence-electron chi connectivity index (χ1n) is 10.2. The molecule has 0 radical (unpaired) electrons. The van der Waals surface area contributed by atoms with E-state index in [9.17, 15) is 4.79 Å². The van der Waals surface area contributed by atoms with E-state index in [0.29, 0.717) is 28.8 Å². The highest BCUT2D eigenvalue weighted by Gasteiger charge is 2.15. The summed E-state index contributed by atoms with van der Waals surface area (Å²) >= 11 is 1.32. The zero-order valence-electron chi connectivity index (χ0n) is 17.3. The zero-order chi connectivity index (χ0) is 21.9. The lowest BCUT2D eigenvalue weighted by Gasteiger charge is -2.10. The van der Waals surface area contributed by atoms with Gasteiger partial charge in [0.1, 0.15) is 11.3 Å². The van der Waals surface area contributed by atoms with Crippen LogP contribution in [-0.4, -0.2) is 42.5 Å². The molecule has 2 aromatic carbocycles. The van der Waals surface area contributed by atoms with Gasteiger partial charge in [-0.05, 0) is 25.1 Å². The Kier molecular flexibility index (Phi) is 5.47. The van der Waals surface area contributed by atoms with Crippen molar-refractivity contribution in [2.75, 3.05) is 17.7 Å². The van der Waals surface area contributed by atoms with E-state index in [4.69, 9.17) is 4.74 Å². The molecule has 0 aliphatic carbocycles. The molecule has 0 bridgehead atoms. The molecule has 0 aliphatic rings. The molecule has 0 unspecified atom stereocenters. The van der Waals surface area contributed by atoms with Crippen LogP contribution in [-0.2, 0) is 4.79 Å². The maximum absolute atomic E-state index is 12.5. The Hall–Kier alpha value is -3.85. The van der Waals surface area contributed by atoms with Gasteiger partial charge >= 0.3 is 0 Å². The first-order valence-corrected chi connectivity index (χ1v) is 11.1. The summed E-state index contributed by atoms with van der Waals surface area (Å²) in [5.74, 6) is 0.704. The minimum atomic E-state index is -0.143. The SMILES string of the molecule is CCOc1ccccc1NC(=O)CSc1nnc2c3cc(-c4ccccc4)nn3ccn12. The third kappa shape index (κ3) is 3.90. The summed E-state index contributed by atoms with van der Waals surface area (Å²) in [7, 11) is 0. The zero-order valence-corrected chi connectivity index (χ0v) is 18.1. The van der Waals surface area contributed by atoms with Crippen LogP contribution in [0.3, 0.4) is 0 Å². The van der Waals surface area contributed by atoms with E-state index in [1.165, 1.54) is 11.8 Å². The summed E-state index contributed by atoms with van der Waals surface area (Å²) in [6.07, 6.45) is 3.72. The summed E-state index contributed by atoms with van der Waals surface area (Å²) in [5.41, 5.74) is 4.09. The van der Waals surface area contributed by atoms with Crippen molar-refractivity contribution in [1.29, 1.82) is 0 Å². The van der Waals surface area contributed by atoms with Crippen LogP contribution in [0.15, 0.2) is 78.2 Å². The van der Waals surface area contributed by atoms with Gasteiger partial charge in [-0.15, -0.1) is 10.2 Å². The maximum Gasteiger partial charge on any atom is 0.234 e. The van der Waals surface area contributed by atoms with E-state index in [1.54, 1.807) is 4.52 Å². The van der Waals surface area contributed by atoms with E-state index >= 15 is 0 Å². The van der Waals surface area contributed by atoms with Crippen molar-refractivity contribution in [2.45, 2.75) is 12.1 Å². The van der Waals surface area contributed by atoms with Crippen molar-refractivity contribution in [3.05, 3.63) is 73.1 Å². The largest absolute Gasteiger partial charge is 0.492 e. The molecule has 0 saturated carbocycles. The van der Waals surface area contributed by atoms with Crippen LogP contribution in [0.25, 0.3) is 22.4 Å². The number of nitrogens with one attached hydrogen (secondary N) is 1. The normalized spacial score (nSPS) is 11.2. The highest BCUT2D eigenvalue weighted by molar-refractivity contribution is 7.99. The van der Waals surface area contributed by atoms with Crippen molar-refractivity contribution in [3.63, 3.8) is 0 Å². The molecule has 32 heavy (non-hydrogen) atoms. The number of fused-ring (bicyclic) bond motifs is 3. The van der Waals surface area contributed by atoms with Crippen molar-refractivity contribution >= 4 is 34.5 Å². The fourth-order valence-corrected chi connectivity index (χ4v) is 4.12. The molecule has 5 rings (SSSR count). The number of carbonyl (C=O) groups excluding carboxylic acids is 1. The Labute approximate surface area is 188 Å². The molecule has 1 N–H and O–H groups in total. The van der Waals surface area contributed by atoms with Gasteiger partial charge in [0, 0.05) is 18.0 Å². The Bertz CT molecular complexity index is 1400. The number of nitrogens with zero attached hydrogens (tertiary/aromatic N) is 5. The molecule has 0 spiro atoms. The lowest BCUT2D eigenvalue weighted by atomic mass is 10.1. The topological polar surface area (TPSA) is 85.8 Å². The predicted octanol–water partition coefficient (Wildman–Crippen LogP) is 4.17. The van der Waals surface area contributed by atoms with E-state index in [1.807, 2.05) is 84.4 Å². The maximum atomic E-state index is 12.5. The van der Waals surface area contributed by atoms with E-state index in [-0.39, 0.29) is 11.7 Å². The summed E-state index contributed by atoms with van der Waals surface area (Å²) in [6, 6.07) is 19.4. The van der Waals surface area contributed by atoms with Gasteiger partial charge in [0.15, 0.2) is 10.8 Å². The van der Waals surface area contributed by atoms with Gasteiger partial charge in [-0.2, -0.15) is 5.10 Å². The molecule has 5 aromatic rings. The van der Waals surface area contributed by atoms with Crippen molar-refractivity contribution in [3.8, 4) is 17.0 Å². The van der Waals surface area contributed by atoms with E-state index < -0.39 is 0 Å². The molecule has 1 amide bonds. The molecule has 160 valence electrons. The van der Waals surface area contributed by atoms with Gasteiger partial charge in [-0.3, -0.25) is 9.20 Å². The second kappa shape index (κ2) is 8.72. The molecule has 3 heterocycles. The molecular weight excluding hydrogens is 424 g/mol. The summed E-state index contributed by atoms with van der Waals surface area (Å²) in [6.45, 7) is 2.44. The fraction of sp³-hybridized carbons (Fsp3) is 0.130. The average molecular weight is 445 g/mol. The second-order valence-electron chi connectivity index (χ2n) is 6.97. The number of benzene rings is 2. The van der Waals surface area contributed by atoms with Gasteiger partial charge < -0.3 is 10.1 Å². The third-order valence-corrected chi connectivity index (χ3v) is 5.79. The Morgan fingerprint density at radius 3 is 2.72 bits per heavy atom. The Morgan fingerprint density at radius 2 is 1.88 bits per heavy atom. The van der Waals surface area contributed by atoms with Crippen LogP contribution in [0.4, 0.5) is 5.69 Å². The summed E-state index contributed by atoms with van der Waals surface area (Å²) in [5, 5.41) is 16.8. The minimum Gasteiger partial charge on any atom is -0.492 e. The van der Waals surface area contributed by atoms with E-state index in [2.05, 4.69) is 20.6 Å². The number of carbonyl (C=O) groups is 1. The number of amides is 1. The number of para-hydroxylation sites is 2. The molecule has 0 atom stereocenters. The van der Waals surface area contributed by atoms with E-state index in [0.717, 1.165) is 16.8 Å². The molecular formula is C23H20N6O2S. The summed E-state index contributed by atoms with van der Waals surface area (Å²) < 4.78 is 9.23. The van der Waals surface area contributed by atoms with Gasteiger partial charge in [0.05, 0.1) is 23.7 Å². The van der Waals surface area contributed by atoms with Crippen LogP contribution in [0.2, 0.25) is 0 Å². The highest BCUT2D eigenvalue weighted by Crippen LogP contribution is 2.26. The number of hydrogen-bond acceptors (Lipinski definition) is 6. The number of thioether (sulfide) groups is 1. The van der Waals surface area contributed by atoms with Gasteiger partial charge in [-0.1, -0.05) is 54.2 Å². The average Bonchev–Trinajstić information content (AvgIpc) is 3.44. The highest BCUT2D eigenvalue weighted by atomic mass is 32.2. The fourth-order valence-electron chi connectivity index (χ4n) is 3.41. The third-order valence-electron chi connectivity index (χ3n) is 4.85. The smallest absolute Gasteiger partial charge is 0.234 e. The number of rotatable bonds is 7. The summed E-state index contributed by atoms with van der Waals surface area (Å²) in [4.78, 5) is 12.5. The Morgan fingerprint density at radius 1 is 1.06 bits per heavy atom. The molecule has 0 fully saturated rings. The molecule has 0 aliphatic heterocycles. The van der Waals surface area contributed by atoms with Gasteiger partial charge in [0.25, 0.3) is 0 Å². The molecule has 8 nitrogen and oxygen atoms in total. The standard InChI is InChI=1S/C23H20N6O2S/c1-2-31-20-11-7-6-10-17(20)24-21(30)15-32-23-26-25-22-19-14-18(16-8-4-3-5-9-16)27-29(19)13-12-28(22)23/h3-14H,2,15H2,1H3,(H,24,30).